The first-order chi connectivity index (χ1) is 13.9. The first-order valence-corrected chi connectivity index (χ1v) is 9.38. The van der Waals surface area contributed by atoms with E-state index in [4.69, 9.17) is 39.4 Å². The smallest absolute Gasteiger partial charge is 0.159 e. The molecular weight excluding hydrogens is 416 g/mol. The van der Waals surface area contributed by atoms with Gasteiger partial charge < -0.3 is 34.9 Å². The maximum Gasteiger partial charge on any atom is 0.159 e. The first kappa shape index (κ1) is 22.7. The van der Waals surface area contributed by atoms with Crippen LogP contribution in [0.1, 0.15) is 13.8 Å². The predicted octanol–water partition coefficient (Wildman–Crippen LogP) is 1.80. The molecule has 0 aromatic carbocycles. The Hall–Kier alpha value is -2.58. The topological polar surface area (TPSA) is 164 Å². The van der Waals surface area contributed by atoms with Gasteiger partial charge in [0, 0.05) is 0 Å². The predicted molar refractivity (Wildman–Crippen MR) is 112 cm³/mol. The fourth-order valence-corrected chi connectivity index (χ4v) is 2.34. The Labute approximate surface area is 175 Å². The molecule has 0 aliphatic carbocycles. The van der Waals surface area contributed by atoms with E-state index in [0.717, 1.165) is 22.3 Å². The van der Waals surface area contributed by atoms with Gasteiger partial charge >= 0.3 is 0 Å². The normalized spacial score (nSPS) is 12.6. The molecule has 0 radical (unpaired) electrons. The molecule has 0 aliphatic heterocycles. The summed E-state index contributed by atoms with van der Waals surface area (Å²) < 4.78 is 6.05. The van der Waals surface area contributed by atoms with Gasteiger partial charge in [0.15, 0.2) is 20.6 Å². The third-order valence-corrected chi connectivity index (χ3v) is 3.97. The van der Waals surface area contributed by atoms with Crippen molar-refractivity contribution in [2.24, 2.45) is 0 Å². The summed E-state index contributed by atoms with van der Waals surface area (Å²) in [4.78, 5) is 27.1. The van der Waals surface area contributed by atoms with Gasteiger partial charge in [-0.25, -0.2) is 19.9 Å². The van der Waals surface area contributed by atoms with Crippen LogP contribution in [0.25, 0.3) is 22.3 Å². The van der Waals surface area contributed by atoms with E-state index in [1.54, 1.807) is 26.5 Å². The highest BCUT2D eigenvalue weighted by atomic mass is 32.1. The molecule has 0 aliphatic rings. The lowest BCUT2D eigenvalue weighted by Crippen LogP contribution is -2.19. The van der Waals surface area contributed by atoms with Crippen LogP contribution in [0.3, 0.4) is 0 Å². The van der Waals surface area contributed by atoms with E-state index >= 15 is 0 Å². The van der Waals surface area contributed by atoms with Gasteiger partial charge in [0.25, 0.3) is 0 Å². The van der Waals surface area contributed by atoms with Gasteiger partial charge in [-0.05, 0) is 13.8 Å². The third kappa shape index (κ3) is 7.07. The summed E-state index contributed by atoms with van der Waals surface area (Å²) in [5, 5.41) is 17.1. The van der Waals surface area contributed by atoms with E-state index in [2.05, 4.69) is 39.9 Å². The molecule has 2 atom stereocenters. The summed E-state index contributed by atoms with van der Waals surface area (Å²) in [6, 6.07) is 0. The summed E-state index contributed by atoms with van der Waals surface area (Å²) in [6.45, 7) is 3.70. The number of hydrogen-bond donors (Lipinski definition) is 6. The number of H-pyrrole nitrogens is 4. The quantitative estimate of drug-likeness (QED) is 0.261. The minimum absolute atomic E-state index is 0.00667. The second-order valence-corrected chi connectivity index (χ2v) is 6.62. The molecule has 4 heterocycles. The molecule has 4 aromatic heterocycles. The summed E-state index contributed by atoms with van der Waals surface area (Å²) in [6.07, 6.45) is 5.62. The van der Waals surface area contributed by atoms with E-state index in [1.807, 2.05) is 0 Å². The molecule has 4 aromatic rings. The van der Waals surface area contributed by atoms with Gasteiger partial charge in [-0.15, -0.1) is 0 Å². The van der Waals surface area contributed by atoms with Gasteiger partial charge in [-0.2, -0.15) is 0 Å². The van der Waals surface area contributed by atoms with Crippen molar-refractivity contribution in [3.8, 4) is 0 Å². The highest BCUT2D eigenvalue weighted by Gasteiger charge is 2.01. The maximum absolute atomic E-state index is 8.69. The molecule has 0 fully saturated rings. The minimum Gasteiger partial charge on any atom is -0.394 e. The standard InChI is InChI=1S/C6H14O3.2C5H4N4S/c1-5(8)4-9-6(2)3-7;2*10-5-3-4(7-1-6-3)8-2-9-5/h5-8H,3-4H2,1-2H3;2*1-2H,(H2,6,7,8,9,10). The van der Waals surface area contributed by atoms with Crippen LogP contribution in [0.2, 0.25) is 0 Å². The second kappa shape index (κ2) is 11.4. The van der Waals surface area contributed by atoms with Crippen LogP contribution in [-0.2, 0) is 4.74 Å². The molecule has 4 rings (SSSR count). The van der Waals surface area contributed by atoms with Crippen molar-refractivity contribution in [3.05, 3.63) is 34.6 Å². The second-order valence-electron chi connectivity index (χ2n) is 5.84. The van der Waals surface area contributed by atoms with E-state index in [1.165, 1.54) is 12.7 Å². The van der Waals surface area contributed by atoms with E-state index in [0.29, 0.717) is 15.9 Å². The van der Waals surface area contributed by atoms with E-state index in [-0.39, 0.29) is 12.7 Å². The van der Waals surface area contributed by atoms with Crippen molar-refractivity contribution < 1.29 is 14.9 Å². The SMILES string of the molecule is CC(O)COC(C)CO.S=c1nc[nH]c2nc[nH]c12.S=c1nc[nH]c2nc[nH]c12. The summed E-state index contributed by atoms with van der Waals surface area (Å²) >= 11 is 9.81. The first-order valence-electron chi connectivity index (χ1n) is 8.56. The molecule has 0 saturated carbocycles. The Kier molecular flexibility index (Phi) is 8.95. The van der Waals surface area contributed by atoms with E-state index in [9.17, 15) is 0 Å². The minimum atomic E-state index is -0.445. The molecule has 156 valence electrons. The monoisotopic (exact) mass is 438 g/mol. The fraction of sp³-hybridized carbons (Fsp3) is 0.375. The Morgan fingerprint density at radius 2 is 1.31 bits per heavy atom. The summed E-state index contributed by atoms with van der Waals surface area (Å²) in [5.41, 5.74) is 3.08. The Morgan fingerprint density at radius 1 is 0.862 bits per heavy atom. The maximum atomic E-state index is 8.69. The zero-order valence-electron chi connectivity index (χ0n) is 15.8. The lowest BCUT2D eigenvalue weighted by Gasteiger charge is -2.10. The number of aliphatic hydroxyl groups is 2. The van der Waals surface area contributed by atoms with Crippen molar-refractivity contribution in [1.29, 1.82) is 0 Å². The summed E-state index contributed by atoms with van der Waals surface area (Å²) in [5.74, 6) is 0. The molecule has 6 N–H and O–H groups in total. The van der Waals surface area contributed by atoms with Gasteiger partial charge in [-0.3, -0.25) is 0 Å². The lowest BCUT2D eigenvalue weighted by atomic mass is 10.4. The number of nitrogens with one attached hydrogen (secondary N) is 4. The number of hydrogen-bond acceptors (Lipinski definition) is 9. The molecule has 13 heteroatoms. The van der Waals surface area contributed by atoms with Gasteiger partial charge in [0.2, 0.25) is 0 Å². The molecular formula is C16H22N8O3S2. The number of aliphatic hydroxyl groups excluding tert-OH is 2. The van der Waals surface area contributed by atoms with Crippen LogP contribution < -0.4 is 0 Å². The third-order valence-electron chi connectivity index (χ3n) is 3.35. The number of nitrogens with zero attached hydrogens (tertiary/aromatic N) is 4. The van der Waals surface area contributed by atoms with Crippen molar-refractivity contribution in [2.45, 2.75) is 26.1 Å². The molecule has 2 unspecified atom stereocenters. The number of fused-ring (bicyclic) bond motifs is 2. The molecule has 29 heavy (non-hydrogen) atoms. The van der Waals surface area contributed by atoms with E-state index < -0.39 is 6.10 Å². The van der Waals surface area contributed by atoms with Gasteiger partial charge in [-0.1, -0.05) is 24.4 Å². The van der Waals surface area contributed by atoms with Crippen LogP contribution in [0.4, 0.5) is 0 Å². The Bertz CT molecular complexity index is 1040. The molecule has 0 saturated heterocycles. The largest absolute Gasteiger partial charge is 0.394 e. The van der Waals surface area contributed by atoms with Crippen LogP contribution in [0.15, 0.2) is 25.3 Å². The fourth-order valence-electron chi connectivity index (χ4n) is 1.92. The number of ether oxygens (including phenoxy) is 1. The zero-order valence-corrected chi connectivity index (χ0v) is 17.4. The molecule has 11 nitrogen and oxygen atoms in total. The van der Waals surface area contributed by atoms with Gasteiger partial charge in [0.1, 0.15) is 11.0 Å². The number of imidazole rings is 2. The highest BCUT2D eigenvalue weighted by Crippen LogP contribution is 2.03. The lowest BCUT2D eigenvalue weighted by molar-refractivity contribution is -0.0177. The van der Waals surface area contributed by atoms with Crippen LogP contribution in [-0.4, -0.2) is 75.5 Å². The molecule has 0 amide bonds. The summed E-state index contributed by atoms with van der Waals surface area (Å²) in [7, 11) is 0. The molecule has 0 spiro atoms. The zero-order chi connectivity index (χ0) is 21.2. The van der Waals surface area contributed by atoms with Gasteiger partial charge in [0.05, 0.1) is 50.7 Å². The average molecular weight is 439 g/mol. The van der Waals surface area contributed by atoms with Crippen LogP contribution >= 0.6 is 24.4 Å². The van der Waals surface area contributed by atoms with Crippen molar-refractivity contribution >= 4 is 46.8 Å². The van der Waals surface area contributed by atoms with Crippen molar-refractivity contribution in [2.75, 3.05) is 13.2 Å². The van der Waals surface area contributed by atoms with Crippen molar-refractivity contribution in [1.82, 2.24) is 39.9 Å². The highest BCUT2D eigenvalue weighted by molar-refractivity contribution is 7.71. The van der Waals surface area contributed by atoms with Crippen LogP contribution in [0.5, 0.6) is 0 Å². The Morgan fingerprint density at radius 3 is 1.69 bits per heavy atom. The van der Waals surface area contributed by atoms with Crippen molar-refractivity contribution in [3.63, 3.8) is 0 Å². The Balaban J connectivity index is 0.000000156. The van der Waals surface area contributed by atoms with Crippen LogP contribution in [0, 0.1) is 9.28 Å². The number of aromatic nitrogens is 8. The molecule has 0 bridgehead atoms. The average Bonchev–Trinajstić information content (AvgIpc) is 3.38. The number of aromatic amines is 4. The number of rotatable bonds is 4.